The van der Waals surface area contributed by atoms with E-state index < -0.39 is 12.0 Å². The molecular formula is C16H25NO3S. The van der Waals surface area contributed by atoms with E-state index in [1.54, 1.807) is 11.8 Å². The molecule has 0 aliphatic heterocycles. The van der Waals surface area contributed by atoms with Crippen molar-refractivity contribution < 1.29 is 14.7 Å². The summed E-state index contributed by atoms with van der Waals surface area (Å²) in [5.41, 5.74) is 0.471. The van der Waals surface area contributed by atoms with Gasteiger partial charge >= 0.3 is 5.97 Å². The molecule has 0 aromatic carbocycles. The highest BCUT2D eigenvalue weighted by molar-refractivity contribution is 7.99. The van der Waals surface area contributed by atoms with Gasteiger partial charge in [-0.3, -0.25) is 4.79 Å². The smallest absolute Gasteiger partial charge is 0.327 e. The van der Waals surface area contributed by atoms with E-state index in [0.29, 0.717) is 11.2 Å². The zero-order chi connectivity index (χ0) is 15.0. The van der Waals surface area contributed by atoms with E-state index >= 15 is 0 Å². The molecule has 4 saturated carbocycles. The van der Waals surface area contributed by atoms with E-state index in [9.17, 15) is 9.59 Å². The molecule has 4 fully saturated rings. The fourth-order valence-electron chi connectivity index (χ4n) is 5.28. The minimum Gasteiger partial charge on any atom is -0.480 e. The van der Waals surface area contributed by atoms with E-state index in [-0.39, 0.29) is 5.91 Å². The highest BCUT2D eigenvalue weighted by Crippen LogP contribution is 2.60. The number of carbonyl (C=O) groups is 2. The highest BCUT2D eigenvalue weighted by atomic mass is 32.2. The molecule has 0 saturated heterocycles. The van der Waals surface area contributed by atoms with E-state index in [0.717, 1.165) is 23.5 Å². The van der Waals surface area contributed by atoms with Crippen molar-refractivity contribution in [1.82, 2.24) is 5.32 Å². The Bertz CT molecular complexity index is 402. The standard InChI is InChI=1S/C16H25NO3S/c1-10(18)17-14(15(19)20)8-21-9-16-5-11-2-12(6-16)4-13(3-11)7-16/h11-14H,2-9H2,1H3,(H,17,18)(H,19,20). The summed E-state index contributed by atoms with van der Waals surface area (Å²) < 4.78 is 0. The summed E-state index contributed by atoms with van der Waals surface area (Å²) in [6.45, 7) is 1.37. The van der Waals surface area contributed by atoms with Crippen LogP contribution in [-0.2, 0) is 9.59 Å². The van der Waals surface area contributed by atoms with Crippen LogP contribution in [0.2, 0.25) is 0 Å². The second kappa shape index (κ2) is 5.82. The molecule has 0 spiro atoms. The molecule has 1 unspecified atom stereocenters. The van der Waals surface area contributed by atoms with Crippen LogP contribution in [0.1, 0.15) is 45.4 Å². The average molecular weight is 311 g/mol. The maximum atomic E-state index is 11.2. The van der Waals surface area contributed by atoms with Gasteiger partial charge in [-0.2, -0.15) is 11.8 Å². The van der Waals surface area contributed by atoms with Crippen molar-refractivity contribution in [3.05, 3.63) is 0 Å². The Hall–Kier alpha value is -0.710. The maximum absolute atomic E-state index is 11.2. The first-order valence-corrected chi connectivity index (χ1v) is 9.19. The normalized spacial score (nSPS) is 38.2. The van der Waals surface area contributed by atoms with Gasteiger partial charge in [-0.1, -0.05) is 0 Å². The van der Waals surface area contributed by atoms with Gasteiger partial charge in [-0.25, -0.2) is 4.79 Å². The van der Waals surface area contributed by atoms with Gasteiger partial charge in [-0.15, -0.1) is 0 Å². The van der Waals surface area contributed by atoms with Gasteiger partial charge in [0.15, 0.2) is 0 Å². The second-order valence-corrected chi connectivity index (χ2v) is 8.55. The second-order valence-electron chi connectivity index (χ2n) is 7.52. The van der Waals surface area contributed by atoms with Crippen molar-refractivity contribution >= 4 is 23.6 Å². The van der Waals surface area contributed by atoms with Crippen LogP contribution in [0.25, 0.3) is 0 Å². The summed E-state index contributed by atoms with van der Waals surface area (Å²) in [5.74, 6) is 3.16. The van der Waals surface area contributed by atoms with Gasteiger partial charge in [0.25, 0.3) is 0 Å². The summed E-state index contributed by atoms with van der Waals surface area (Å²) in [6, 6.07) is -0.749. The SMILES string of the molecule is CC(=O)NC(CSCC12CC3CC(CC(C3)C1)C2)C(=O)O. The predicted molar refractivity (Wildman–Crippen MR) is 83.2 cm³/mol. The number of hydrogen-bond acceptors (Lipinski definition) is 3. The predicted octanol–water partition coefficient (Wildman–Crippen LogP) is 2.53. The third-order valence-electron chi connectivity index (χ3n) is 5.53. The largest absolute Gasteiger partial charge is 0.480 e. The minimum atomic E-state index is -0.928. The van der Waals surface area contributed by atoms with E-state index in [2.05, 4.69) is 5.32 Å². The topological polar surface area (TPSA) is 66.4 Å². The molecule has 4 nitrogen and oxygen atoms in total. The van der Waals surface area contributed by atoms with Crippen molar-refractivity contribution in [2.45, 2.75) is 51.5 Å². The van der Waals surface area contributed by atoms with Gasteiger partial charge in [0.05, 0.1) is 0 Å². The van der Waals surface area contributed by atoms with Crippen LogP contribution in [0, 0.1) is 23.2 Å². The van der Waals surface area contributed by atoms with Crippen LogP contribution >= 0.6 is 11.8 Å². The molecule has 21 heavy (non-hydrogen) atoms. The summed E-state index contributed by atoms with van der Waals surface area (Å²) in [4.78, 5) is 22.2. The molecule has 0 heterocycles. The Labute approximate surface area is 130 Å². The Balaban J connectivity index is 1.53. The Morgan fingerprint density at radius 1 is 1.19 bits per heavy atom. The van der Waals surface area contributed by atoms with Crippen molar-refractivity contribution in [2.75, 3.05) is 11.5 Å². The van der Waals surface area contributed by atoms with Crippen LogP contribution in [0.4, 0.5) is 0 Å². The minimum absolute atomic E-state index is 0.266. The number of aliphatic carboxylic acids is 1. The van der Waals surface area contributed by atoms with Crippen LogP contribution in [0.5, 0.6) is 0 Å². The zero-order valence-electron chi connectivity index (χ0n) is 12.6. The summed E-state index contributed by atoms with van der Waals surface area (Å²) in [7, 11) is 0. The van der Waals surface area contributed by atoms with Crippen molar-refractivity contribution in [2.24, 2.45) is 23.2 Å². The molecule has 4 aliphatic carbocycles. The van der Waals surface area contributed by atoms with Crippen LogP contribution in [0.15, 0.2) is 0 Å². The van der Waals surface area contributed by atoms with Crippen LogP contribution < -0.4 is 5.32 Å². The first kappa shape index (κ1) is 15.2. The molecular weight excluding hydrogens is 286 g/mol. The first-order valence-electron chi connectivity index (χ1n) is 8.03. The van der Waals surface area contributed by atoms with Crippen molar-refractivity contribution in [1.29, 1.82) is 0 Å². The van der Waals surface area contributed by atoms with E-state index in [1.807, 2.05) is 0 Å². The van der Waals surface area contributed by atoms with Gasteiger partial charge in [0, 0.05) is 12.7 Å². The number of nitrogens with one attached hydrogen (secondary N) is 1. The van der Waals surface area contributed by atoms with Crippen LogP contribution in [-0.4, -0.2) is 34.5 Å². The third-order valence-corrected chi connectivity index (χ3v) is 6.92. The number of amides is 1. The lowest BCUT2D eigenvalue weighted by Gasteiger charge is -2.57. The number of carboxylic acids is 1. The first-order chi connectivity index (χ1) is 9.96. The number of rotatable bonds is 6. The molecule has 4 aliphatic rings. The molecule has 4 rings (SSSR count). The lowest BCUT2D eigenvalue weighted by molar-refractivity contribution is -0.140. The zero-order valence-corrected chi connectivity index (χ0v) is 13.5. The average Bonchev–Trinajstić information content (AvgIpc) is 2.35. The van der Waals surface area contributed by atoms with Crippen molar-refractivity contribution in [3.63, 3.8) is 0 Å². The van der Waals surface area contributed by atoms with Crippen LogP contribution in [0.3, 0.4) is 0 Å². The molecule has 0 aromatic heterocycles. The highest BCUT2D eigenvalue weighted by Gasteiger charge is 2.50. The Kier molecular flexibility index (Phi) is 4.21. The number of carboxylic acid groups (broad SMARTS) is 1. The molecule has 2 N–H and O–H groups in total. The maximum Gasteiger partial charge on any atom is 0.327 e. The van der Waals surface area contributed by atoms with Gasteiger partial charge in [0.2, 0.25) is 5.91 Å². The monoisotopic (exact) mass is 311 g/mol. The molecule has 4 bridgehead atoms. The third kappa shape index (κ3) is 3.38. The number of carbonyl (C=O) groups excluding carboxylic acids is 1. The van der Waals surface area contributed by atoms with Crippen molar-refractivity contribution in [3.8, 4) is 0 Å². The number of thioether (sulfide) groups is 1. The molecule has 0 radical (unpaired) electrons. The number of hydrogen-bond donors (Lipinski definition) is 2. The summed E-state index contributed by atoms with van der Waals surface area (Å²) in [5, 5.41) is 11.7. The molecule has 118 valence electrons. The van der Waals surface area contributed by atoms with E-state index in [1.165, 1.54) is 45.4 Å². The Morgan fingerprint density at radius 2 is 1.71 bits per heavy atom. The van der Waals surface area contributed by atoms with E-state index in [4.69, 9.17) is 5.11 Å². The molecule has 5 heteroatoms. The Morgan fingerprint density at radius 3 is 2.14 bits per heavy atom. The summed E-state index contributed by atoms with van der Waals surface area (Å²) >= 11 is 1.72. The summed E-state index contributed by atoms with van der Waals surface area (Å²) in [6.07, 6.45) is 8.37. The fraction of sp³-hybridized carbons (Fsp3) is 0.875. The molecule has 1 atom stereocenters. The lowest BCUT2D eigenvalue weighted by Crippen LogP contribution is -2.47. The van der Waals surface area contributed by atoms with Gasteiger partial charge < -0.3 is 10.4 Å². The molecule has 0 aromatic rings. The quantitative estimate of drug-likeness (QED) is 0.791. The van der Waals surface area contributed by atoms with Gasteiger partial charge in [0.1, 0.15) is 6.04 Å². The fourth-order valence-corrected chi connectivity index (χ4v) is 6.65. The lowest BCUT2D eigenvalue weighted by atomic mass is 9.50. The van der Waals surface area contributed by atoms with Gasteiger partial charge in [-0.05, 0) is 67.4 Å². The molecule has 1 amide bonds.